The standard InChI is InChI=1S/C15H20N4O2/c20-11-13(12-4-5-12)9-14-10-19(17-16-14)8-7-18-6-2-1-3-15(18)21/h1-3,6,10,12-13,20H,4-5,7-9,11H2. The van der Waals surface area contributed by atoms with E-state index in [4.69, 9.17) is 0 Å². The number of aromatic nitrogens is 4. The van der Waals surface area contributed by atoms with E-state index in [0.717, 1.165) is 12.1 Å². The molecule has 1 aliphatic carbocycles. The minimum atomic E-state index is -0.00748. The van der Waals surface area contributed by atoms with Crippen LogP contribution >= 0.6 is 0 Å². The summed E-state index contributed by atoms with van der Waals surface area (Å²) in [4.78, 5) is 11.6. The first-order valence-corrected chi connectivity index (χ1v) is 7.41. The van der Waals surface area contributed by atoms with E-state index in [1.807, 2.05) is 12.3 Å². The fourth-order valence-corrected chi connectivity index (χ4v) is 2.61. The van der Waals surface area contributed by atoms with Crippen LogP contribution in [0.15, 0.2) is 35.4 Å². The molecular formula is C15H20N4O2. The molecule has 0 radical (unpaired) electrons. The minimum Gasteiger partial charge on any atom is -0.396 e. The summed E-state index contributed by atoms with van der Waals surface area (Å²) in [6.45, 7) is 1.41. The predicted octanol–water partition coefficient (Wildman–Crippen LogP) is 0.701. The zero-order valence-electron chi connectivity index (χ0n) is 11.9. The zero-order valence-corrected chi connectivity index (χ0v) is 11.9. The molecule has 2 aromatic heterocycles. The fraction of sp³-hybridized carbons (Fsp3) is 0.533. The summed E-state index contributed by atoms with van der Waals surface area (Å²) in [5.41, 5.74) is 0.910. The molecule has 0 aliphatic heterocycles. The highest BCUT2D eigenvalue weighted by Crippen LogP contribution is 2.37. The molecule has 1 unspecified atom stereocenters. The minimum absolute atomic E-state index is 0.00748. The number of aryl methyl sites for hydroxylation is 2. The Morgan fingerprint density at radius 1 is 1.33 bits per heavy atom. The van der Waals surface area contributed by atoms with Gasteiger partial charge in [-0.15, -0.1) is 5.10 Å². The van der Waals surface area contributed by atoms with Crippen molar-refractivity contribution in [1.82, 2.24) is 19.6 Å². The molecule has 21 heavy (non-hydrogen) atoms. The first kappa shape index (κ1) is 14.0. The Morgan fingerprint density at radius 3 is 2.90 bits per heavy atom. The molecule has 1 N–H and O–H groups in total. The maximum absolute atomic E-state index is 11.6. The second-order valence-electron chi connectivity index (χ2n) is 5.69. The van der Waals surface area contributed by atoms with Crippen molar-refractivity contribution in [2.24, 2.45) is 11.8 Å². The van der Waals surface area contributed by atoms with E-state index in [9.17, 15) is 9.90 Å². The van der Waals surface area contributed by atoms with Crippen molar-refractivity contribution in [1.29, 1.82) is 0 Å². The Balaban J connectivity index is 1.57. The molecule has 1 atom stereocenters. The molecule has 0 saturated heterocycles. The van der Waals surface area contributed by atoms with Crippen LogP contribution in [0.25, 0.3) is 0 Å². The SMILES string of the molecule is O=c1ccccn1CCn1cc(CC(CO)C2CC2)nn1. The van der Waals surface area contributed by atoms with Crippen molar-refractivity contribution in [2.45, 2.75) is 32.4 Å². The van der Waals surface area contributed by atoms with Gasteiger partial charge in [-0.3, -0.25) is 9.48 Å². The first-order chi connectivity index (χ1) is 10.3. The zero-order chi connectivity index (χ0) is 14.7. The molecule has 3 rings (SSSR count). The number of rotatable bonds is 7. The molecule has 2 heterocycles. The summed E-state index contributed by atoms with van der Waals surface area (Å²) in [5, 5.41) is 17.7. The van der Waals surface area contributed by atoms with Crippen molar-refractivity contribution < 1.29 is 5.11 Å². The lowest BCUT2D eigenvalue weighted by atomic mass is 9.99. The summed E-state index contributed by atoms with van der Waals surface area (Å²) < 4.78 is 3.41. The van der Waals surface area contributed by atoms with Crippen LogP contribution in [0, 0.1) is 11.8 Å². The second kappa shape index (κ2) is 6.22. The maximum Gasteiger partial charge on any atom is 0.250 e. The van der Waals surface area contributed by atoms with Crippen molar-refractivity contribution in [3.05, 3.63) is 46.6 Å². The maximum atomic E-state index is 11.6. The molecule has 0 bridgehead atoms. The van der Waals surface area contributed by atoms with Crippen LogP contribution in [-0.2, 0) is 19.5 Å². The molecule has 1 saturated carbocycles. The number of nitrogens with zero attached hydrogens (tertiary/aromatic N) is 4. The van der Waals surface area contributed by atoms with E-state index in [1.165, 1.54) is 12.8 Å². The lowest BCUT2D eigenvalue weighted by Crippen LogP contribution is -2.20. The number of aliphatic hydroxyl groups is 1. The number of pyridine rings is 1. The van der Waals surface area contributed by atoms with Gasteiger partial charge >= 0.3 is 0 Å². The van der Waals surface area contributed by atoms with Gasteiger partial charge in [0.05, 0.1) is 12.2 Å². The van der Waals surface area contributed by atoms with Gasteiger partial charge in [0.25, 0.3) is 5.56 Å². The molecular weight excluding hydrogens is 268 g/mol. The van der Waals surface area contributed by atoms with Crippen molar-refractivity contribution in [3.8, 4) is 0 Å². The average Bonchev–Trinajstić information content (AvgIpc) is 3.24. The summed E-state index contributed by atoms with van der Waals surface area (Å²) in [7, 11) is 0. The summed E-state index contributed by atoms with van der Waals surface area (Å²) in [5.74, 6) is 0.968. The van der Waals surface area contributed by atoms with Crippen molar-refractivity contribution in [2.75, 3.05) is 6.61 Å². The van der Waals surface area contributed by atoms with Gasteiger partial charge in [-0.2, -0.15) is 0 Å². The topological polar surface area (TPSA) is 72.9 Å². The lowest BCUT2D eigenvalue weighted by Gasteiger charge is -2.09. The molecule has 6 heteroatoms. The third-order valence-electron chi connectivity index (χ3n) is 4.05. The van der Waals surface area contributed by atoms with Gasteiger partial charge in [-0.05, 0) is 37.2 Å². The van der Waals surface area contributed by atoms with E-state index in [2.05, 4.69) is 10.3 Å². The van der Waals surface area contributed by atoms with Gasteiger partial charge in [0, 0.05) is 31.6 Å². The van der Waals surface area contributed by atoms with E-state index < -0.39 is 0 Å². The van der Waals surface area contributed by atoms with E-state index in [-0.39, 0.29) is 12.2 Å². The van der Waals surface area contributed by atoms with Gasteiger partial charge in [-0.25, -0.2) is 0 Å². The molecule has 2 aromatic rings. The van der Waals surface area contributed by atoms with Gasteiger partial charge < -0.3 is 9.67 Å². The highest BCUT2D eigenvalue weighted by molar-refractivity contribution is 4.98. The Bertz CT molecular complexity index is 645. The fourth-order valence-electron chi connectivity index (χ4n) is 2.61. The third kappa shape index (κ3) is 3.58. The summed E-state index contributed by atoms with van der Waals surface area (Å²) >= 11 is 0. The Morgan fingerprint density at radius 2 is 2.19 bits per heavy atom. The van der Waals surface area contributed by atoms with Crippen LogP contribution in [-0.4, -0.2) is 31.3 Å². The Kier molecular flexibility index (Phi) is 4.15. The van der Waals surface area contributed by atoms with E-state index >= 15 is 0 Å². The Labute approximate surface area is 123 Å². The number of aliphatic hydroxyl groups excluding tert-OH is 1. The molecule has 0 amide bonds. The van der Waals surface area contributed by atoms with Gasteiger partial charge in [0.1, 0.15) is 0 Å². The molecule has 0 aromatic carbocycles. The van der Waals surface area contributed by atoms with Crippen LogP contribution in [0.3, 0.4) is 0 Å². The van der Waals surface area contributed by atoms with Crippen LogP contribution in [0.4, 0.5) is 0 Å². The number of hydrogen-bond donors (Lipinski definition) is 1. The second-order valence-corrected chi connectivity index (χ2v) is 5.69. The summed E-state index contributed by atoms with van der Waals surface area (Å²) in [6, 6.07) is 5.13. The molecule has 1 fully saturated rings. The van der Waals surface area contributed by atoms with Crippen LogP contribution in [0.5, 0.6) is 0 Å². The van der Waals surface area contributed by atoms with E-state index in [0.29, 0.717) is 24.9 Å². The highest BCUT2D eigenvalue weighted by atomic mass is 16.3. The van der Waals surface area contributed by atoms with Crippen LogP contribution < -0.4 is 5.56 Å². The quantitative estimate of drug-likeness (QED) is 0.814. The Hall–Kier alpha value is -1.95. The number of hydrogen-bond acceptors (Lipinski definition) is 4. The van der Waals surface area contributed by atoms with Gasteiger partial charge in [0.15, 0.2) is 0 Å². The highest BCUT2D eigenvalue weighted by Gasteiger charge is 2.31. The summed E-state index contributed by atoms with van der Waals surface area (Å²) in [6.07, 6.45) is 6.91. The predicted molar refractivity (Wildman–Crippen MR) is 77.7 cm³/mol. The van der Waals surface area contributed by atoms with Crippen LogP contribution in [0.2, 0.25) is 0 Å². The molecule has 112 valence electrons. The lowest BCUT2D eigenvalue weighted by molar-refractivity contribution is 0.208. The smallest absolute Gasteiger partial charge is 0.250 e. The largest absolute Gasteiger partial charge is 0.396 e. The van der Waals surface area contributed by atoms with E-state index in [1.54, 1.807) is 27.6 Å². The average molecular weight is 288 g/mol. The van der Waals surface area contributed by atoms with Crippen LogP contribution in [0.1, 0.15) is 18.5 Å². The molecule has 1 aliphatic rings. The molecule has 6 nitrogen and oxygen atoms in total. The van der Waals surface area contributed by atoms with Crippen molar-refractivity contribution >= 4 is 0 Å². The normalized spacial score (nSPS) is 16.0. The first-order valence-electron chi connectivity index (χ1n) is 7.41. The molecule has 0 spiro atoms. The third-order valence-corrected chi connectivity index (χ3v) is 4.05. The van der Waals surface area contributed by atoms with Gasteiger partial charge in [0.2, 0.25) is 0 Å². The monoisotopic (exact) mass is 288 g/mol. The van der Waals surface area contributed by atoms with Crippen molar-refractivity contribution in [3.63, 3.8) is 0 Å². The van der Waals surface area contributed by atoms with Gasteiger partial charge in [-0.1, -0.05) is 11.3 Å².